The Morgan fingerprint density at radius 3 is 2.75 bits per heavy atom. The van der Waals surface area contributed by atoms with E-state index in [4.69, 9.17) is 10.2 Å². The van der Waals surface area contributed by atoms with Crippen LogP contribution in [0.3, 0.4) is 0 Å². The molecule has 0 aliphatic carbocycles. The summed E-state index contributed by atoms with van der Waals surface area (Å²) in [5, 5.41) is 16.6. The smallest absolute Gasteiger partial charge is 0.131 e. The molecule has 0 amide bonds. The second-order valence-corrected chi connectivity index (χ2v) is 1.70. The highest BCUT2D eigenvalue weighted by atomic mass is 32.2. The molecule has 5 heteroatoms. The van der Waals surface area contributed by atoms with Gasteiger partial charge >= 0.3 is 0 Å². The predicted molar refractivity (Wildman–Crippen MR) is 29.8 cm³/mol. The van der Waals surface area contributed by atoms with Gasteiger partial charge in [-0.2, -0.15) is 0 Å². The van der Waals surface area contributed by atoms with Crippen LogP contribution in [0.2, 0.25) is 0 Å². The molecule has 1 atom stereocenters. The van der Waals surface area contributed by atoms with Gasteiger partial charge in [-0.25, -0.2) is 4.72 Å². The zero-order valence-corrected chi connectivity index (χ0v) is 4.99. The number of aliphatic hydroxyl groups is 2. The summed E-state index contributed by atoms with van der Waals surface area (Å²) in [4.78, 5) is 0. The summed E-state index contributed by atoms with van der Waals surface area (Å²) in [5.41, 5.74) is 0. The molecule has 3 nitrogen and oxygen atoms in total. The summed E-state index contributed by atoms with van der Waals surface area (Å²) in [6.07, 6.45) is -0.863. The Morgan fingerprint density at radius 1 is 1.75 bits per heavy atom. The van der Waals surface area contributed by atoms with Crippen molar-refractivity contribution < 1.29 is 14.1 Å². The van der Waals surface area contributed by atoms with Gasteiger partial charge < -0.3 is 10.2 Å². The van der Waals surface area contributed by atoms with Crippen LogP contribution in [0, 0.1) is 0 Å². The van der Waals surface area contributed by atoms with E-state index in [0.29, 0.717) is 0 Å². The summed E-state index contributed by atoms with van der Waals surface area (Å²) in [6, 6.07) is 0. The topological polar surface area (TPSA) is 52.5 Å². The van der Waals surface area contributed by atoms with Crippen LogP contribution in [-0.2, 0) is 0 Å². The molecule has 0 fully saturated rings. The Labute approximate surface area is 51.3 Å². The van der Waals surface area contributed by atoms with Gasteiger partial charge in [0, 0.05) is 6.54 Å². The van der Waals surface area contributed by atoms with E-state index in [1.165, 1.54) is 0 Å². The van der Waals surface area contributed by atoms with Crippen LogP contribution < -0.4 is 4.72 Å². The molecule has 0 rings (SSSR count). The van der Waals surface area contributed by atoms with Gasteiger partial charge in [0.25, 0.3) is 0 Å². The van der Waals surface area contributed by atoms with Gasteiger partial charge in [0.2, 0.25) is 0 Å². The number of rotatable bonds is 4. The normalized spacial score (nSPS) is 13.9. The van der Waals surface area contributed by atoms with E-state index in [2.05, 4.69) is 4.72 Å². The fourth-order valence-electron chi connectivity index (χ4n) is 0.192. The molecular weight excluding hydrogens is 133 g/mol. The van der Waals surface area contributed by atoms with Crippen LogP contribution in [-0.4, -0.2) is 29.5 Å². The molecule has 3 N–H and O–H groups in total. The molecule has 0 saturated carbocycles. The fraction of sp³-hybridized carbons (Fsp3) is 1.00. The lowest BCUT2D eigenvalue weighted by Gasteiger charge is -2.02. The molecular formula is C3H8FNO2S. The standard InChI is InChI=1S/C3H8FNO2S/c4-8-5-1-3(7)2-6/h3,5-7H,1-2H2. The number of halogens is 1. The molecule has 0 heterocycles. The number of hydrogen-bond donors (Lipinski definition) is 3. The Balaban J connectivity index is 2.86. The second kappa shape index (κ2) is 5.30. The highest BCUT2D eigenvalue weighted by Gasteiger charge is 1.98. The van der Waals surface area contributed by atoms with Gasteiger partial charge in [0.15, 0.2) is 0 Å². The number of hydrogen-bond acceptors (Lipinski definition) is 4. The van der Waals surface area contributed by atoms with Crippen molar-refractivity contribution in [1.29, 1.82) is 0 Å². The van der Waals surface area contributed by atoms with Crippen LogP contribution in [0.1, 0.15) is 0 Å². The van der Waals surface area contributed by atoms with Crippen molar-refractivity contribution in [3.63, 3.8) is 0 Å². The van der Waals surface area contributed by atoms with Gasteiger partial charge in [-0.3, -0.25) is 0 Å². The second-order valence-electron chi connectivity index (χ2n) is 1.26. The first-order valence-corrected chi connectivity index (χ1v) is 2.82. The fourth-order valence-corrected chi connectivity index (χ4v) is 0.448. The summed E-state index contributed by atoms with van der Waals surface area (Å²) >= 11 is -0.0758. The molecule has 0 spiro atoms. The van der Waals surface area contributed by atoms with Crippen molar-refractivity contribution in [2.24, 2.45) is 0 Å². The molecule has 0 saturated heterocycles. The first-order chi connectivity index (χ1) is 3.81. The van der Waals surface area contributed by atoms with Crippen LogP contribution in [0.5, 0.6) is 0 Å². The first-order valence-electron chi connectivity index (χ1n) is 2.10. The summed E-state index contributed by atoms with van der Waals surface area (Å²) < 4.78 is 13.2. The van der Waals surface area contributed by atoms with Crippen LogP contribution in [0.25, 0.3) is 0 Å². The molecule has 1 unspecified atom stereocenters. The largest absolute Gasteiger partial charge is 0.394 e. The van der Waals surface area contributed by atoms with Gasteiger partial charge in [-0.05, 0) is 0 Å². The summed E-state index contributed by atoms with van der Waals surface area (Å²) in [7, 11) is 0. The van der Waals surface area contributed by atoms with E-state index in [0.717, 1.165) is 0 Å². The maximum absolute atomic E-state index is 11.1. The molecule has 0 aliphatic rings. The van der Waals surface area contributed by atoms with E-state index in [-0.39, 0.29) is 25.5 Å². The molecule has 0 bridgehead atoms. The van der Waals surface area contributed by atoms with Crippen LogP contribution >= 0.6 is 12.3 Å². The first kappa shape index (κ1) is 8.16. The molecule has 0 aliphatic heterocycles. The third-order valence-corrected chi connectivity index (χ3v) is 0.860. The number of nitrogens with one attached hydrogen (secondary N) is 1. The van der Waals surface area contributed by atoms with E-state index in [1.54, 1.807) is 0 Å². The molecule has 0 aromatic carbocycles. The highest BCUT2D eigenvalue weighted by molar-refractivity contribution is 7.92. The molecule has 0 radical (unpaired) electrons. The minimum Gasteiger partial charge on any atom is -0.394 e. The molecule has 0 aromatic heterocycles. The zero-order chi connectivity index (χ0) is 6.41. The third kappa shape index (κ3) is 4.32. The molecule has 0 aromatic rings. The van der Waals surface area contributed by atoms with Crippen molar-refractivity contribution in [3.8, 4) is 0 Å². The van der Waals surface area contributed by atoms with Crippen molar-refractivity contribution in [2.45, 2.75) is 6.10 Å². The quantitative estimate of drug-likeness (QED) is 0.460. The maximum atomic E-state index is 11.1. The van der Waals surface area contributed by atoms with Crippen molar-refractivity contribution in [2.75, 3.05) is 13.2 Å². The molecule has 50 valence electrons. The average Bonchev–Trinajstić information content (AvgIpc) is 1.83. The third-order valence-electron chi connectivity index (χ3n) is 0.584. The Bertz CT molecular complexity index is 56.5. The zero-order valence-electron chi connectivity index (χ0n) is 4.17. The Morgan fingerprint density at radius 2 is 2.38 bits per heavy atom. The SMILES string of the molecule is OCC(O)CNSF. The predicted octanol–water partition coefficient (Wildman–Crippen LogP) is -0.538. The lowest BCUT2D eigenvalue weighted by Crippen LogP contribution is -2.24. The van der Waals surface area contributed by atoms with E-state index in [9.17, 15) is 3.89 Å². The molecule has 8 heavy (non-hydrogen) atoms. The van der Waals surface area contributed by atoms with Crippen molar-refractivity contribution in [3.05, 3.63) is 0 Å². The average molecular weight is 141 g/mol. The lowest BCUT2D eigenvalue weighted by atomic mass is 10.4. The maximum Gasteiger partial charge on any atom is 0.131 e. The summed E-state index contributed by atoms with van der Waals surface area (Å²) in [6.45, 7) is -0.273. The van der Waals surface area contributed by atoms with Crippen LogP contribution in [0.15, 0.2) is 0 Å². The lowest BCUT2D eigenvalue weighted by molar-refractivity contribution is 0.0992. The van der Waals surface area contributed by atoms with E-state index < -0.39 is 6.10 Å². The van der Waals surface area contributed by atoms with E-state index >= 15 is 0 Å². The minimum absolute atomic E-state index is 0.0671. The number of aliphatic hydroxyl groups excluding tert-OH is 2. The minimum atomic E-state index is -0.863. The van der Waals surface area contributed by atoms with E-state index in [1.807, 2.05) is 0 Å². The van der Waals surface area contributed by atoms with Crippen LogP contribution in [0.4, 0.5) is 3.89 Å². The monoisotopic (exact) mass is 141 g/mol. The van der Waals surface area contributed by atoms with Gasteiger partial charge in [0.05, 0.1) is 12.7 Å². The van der Waals surface area contributed by atoms with Gasteiger partial charge in [-0.15, -0.1) is 3.89 Å². The van der Waals surface area contributed by atoms with Crippen molar-refractivity contribution >= 4 is 12.3 Å². The summed E-state index contributed by atoms with van der Waals surface area (Å²) in [5.74, 6) is 0. The Kier molecular flexibility index (Phi) is 5.41. The van der Waals surface area contributed by atoms with Gasteiger partial charge in [0.1, 0.15) is 12.3 Å². The van der Waals surface area contributed by atoms with Crippen molar-refractivity contribution in [1.82, 2.24) is 4.72 Å². The van der Waals surface area contributed by atoms with Gasteiger partial charge in [-0.1, -0.05) is 0 Å². The Hall–Kier alpha value is 0.160. The highest BCUT2D eigenvalue weighted by Crippen LogP contribution is 1.90.